The van der Waals surface area contributed by atoms with Gasteiger partial charge in [-0.15, -0.1) is 0 Å². The summed E-state index contributed by atoms with van der Waals surface area (Å²) < 4.78 is 5.58. The van der Waals surface area contributed by atoms with E-state index in [0.717, 1.165) is 25.9 Å². The van der Waals surface area contributed by atoms with Crippen molar-refractivity contribution in [3.63, 3.8) is 0 Å². The molecule has 0 amide bonds. The highest BCUT2D eigenvalue weighted by Gasteiger charge is 2.37. The van der Waals surface area contributed by atoms with Gasteiger partial charge in [0.05, 0.1) is 6.10 Å². The summed E-state index contributed by atoms with van der Waals surface area (Å²) in [5.41, 5.74) is 6.19. The molecule has 0 aromatic heterocycles. The number of methoxy groups -OCH3 is 1. The van der Waals surface area contributed by atoms with Crippen LogP contribution in [0, 0.1) is 5.92 Å². The summed E-state index contributed by atoms with van der Waals surface area (Å²) >= 11 is 0. The lowest BCUT2D eigenvalue weighted by molar-refractivity contribution is -0.0469. The van der Waals surface area contributed by atoms with E-state index in [0.29, 0.717) is 12.0 Å². The van der Waals surface area contributed by atoms with Crippen molar-refractivity contribution in [1.82, 2.24) is 4.90 Å². The Morgan fingerprint density at radius 2 is 2.00 bits per heavy atom. The lowest BCUT2D eigenvalue weighted by Gasteiger charge is -2.48. The molecule has 96 valence electrons. The molecule has 0 spiro atoms. The zero-order valence-corrected chi connectivity index (χ0v) is 11.3. The predicted molar refractivity (Wildman–Crippen MR) is 68.5 cm³/mol. The van der Waals surface area contributed by atoms with Gasteiger partial charge in [0.2, 0.25) is 0 Å². The van der Waals surface area contributed by atoms with E-state index in [1.54, 1.807) is 0 Å². The lowest BCUT2D eigenvalue weighted by Crippen LogP contribution is -2.58. The molecule has 1 heterocycles. The highest BCUT2D eigenvalue weighted by atomic mass is 16.5. The largest absolute Gasteiger partial charge is 0.380 e. The van der Waals surface area contributed by atoms with Gasteiger partial charge in [-0.1, -0.05) is 20.8 Å². The average molecular weight is 228 g/mol. The fourth-order valence-corrected chi connectivity index (χ4v) is 2.89. The third-order valence-electron chi connectivity index (χ3n) is 4.56. The maximum absolute atomic E-state index is 6.00. The predicted octanol–water partition coefficient (Wildman–Crippen LogP) is 1.86. The molecule has 16 heavy (non-hydrogen) atoms. The van der Waals surface area contributed by atoms with Crippen molar-refractivity contribution in [3.8, 4) is 0 Å². The number of nitrogens with zero attached hydrogens (tertiary/aromatic N) is 1. The molecule has 0 saturated carbocycles. The van der Waals surface area contributed by atoms with Gasteiger partial charge in [0.15, 0.2) is 0 Å². The molecule has 0 aromatic carbocycles. The molecule has 1 saturated heterocycles. The molecule has 0 aromatic rings. The number of hydrogen-bond donors (Lipinski definition) is 1. The second kappa shape index (κ2) is 5.99. The minimum atomic E-state index is 0.191. The summed E-state index contributed by atoms with van der Waals surface area (Å²) in [7, 11) is 1.83. The van der Waals surface area contributed by atoms with Gasteiger partial charge in [0, 0.05) is 25.7 Å². The van der Waals surface area contributed by atoms with Crippen molar-refractivity contribution in [1.29, 1.82) is 0 Å². The molecule has 1 aliphatic rings. The summed E-state index contributed by atoms with van der Waals surface area (Å²) in [4.78, 5) is 2.56. The van der Waals surface area contributed by atoms with Crippen molar-refractivity contribution in [3.05, 3.63) is 0 Å². The van der Waals surface area contributed by atoms with E-state index < -0.39 is 0 Å². The topological polar surface area (TPSA) is 38.5 Å². The van der Waals surface area contributed by atoms with Crippen LogP contribution in [0.5, 0.6) is 0 Å². The monoisotopic (exact) mass is 228 g/mol. The van der Waals surface area contributed by atoms with Crippen LogP contribution in [0.3, 0.4) is 0 Å². The number of ether oxygens (including phenoxy) is 1. The van der Waals surface area contributed by atoms with Crippen LogP contribution in [0.1, 0.15) is 40.0 Å². The van der Waals surface area contributed by atoms with Gasteiger partial charge in [-0.05, 0) is 31.7 Å². The second-order valence-electron chi connectivity index (χ2n) is 5.12. The molecule has 2 N–H and O–H groups in total. The first-order chi connectivity index (χ1) is 7.63. The third-order valence-corrected chi connectivity index (χ3v) is 4.56. The summed E-state index contributed by atoms with van der Waals surface area (Å²) in [5, 5.41) is 0. The van der Waals surface area contributed by atoms with Crippen LogP contribution < -0.4 is 5.73 Å². The van der Waals surface area contributed by atoms with Crippen LogP contribution in [0.25, 0.3) is 0 Å². The van der Waals surface area contributed by atoms with Crippen LogP contribution in [-0.2, 0) is 4.74 Å². The Morgan fingerprint density at radius 1 is 1.38 bits per heavy atom. The summed E-state index contributed by atoms with van der Waals surface area (Å²) in [6, 6.07) is 0. The minimum absolute atomic E-state index is 0.191. The summed E-state index contributed by atoms with van der Waals surface area (Å²) in [5.74, 6) is 0.672. The Kier molecular flexibility index (Phi) is 5.22. The van der Waals surface area contributed by atoms with Gasteiger partial charge in [0.1, 0.15) is 0 Å². The smallest absolute Gasteiger partial charge is 0.0724 e. The molecule has 0 aliphatic carbocycles. The van der Waals surface area contributed by atoms with Gasteiger partial charge in [-0.2, -0.15) is 0 Å². The Balaban J connectivity index is 2.72. The fraction of sp³-hybridized carbons (Fsp3) is 1.00. The quantitative estimate of drug-likeness (QED) is 0.780. The van der Waals surface area contributed by atoms with E-state index in [1.807, 2.05) is 7.11 Å². The standard InChI is InChI=1S/C13H28N2O/c1-5-13(6-2,10-14)15-8-7-11(3)12(9-15)16-4/h11-12H,5-10,14H2,1-4H3. The normalized spacial score (nSPS) is 28.3. The highest BCUT2D eigenvalue weighted by molar-refractivity contribution is 4.93. The lowest BCUT2D eigenvalue weighted by atomic mass is 9.86. The van der Waals surface area contributed by atoms with Crippen LogP contribution in [-0.4, -0.2) is 43.3 Å². The van der Waals surface area contributed by atoms with Crippen LogP contribution in [0.2, 0.25) is 0 Å². The second-order valence-corrected chi connectivity index (χ2v) is 5.12. The van der Waals surface area contributed by atoms with Gasteiger partial charge in [0.25, 0.3) is 0 Å². The molecule has 1 fully saturated rings. The van der Waals surface area contributed by atoms with Crippen molar-refractivity contribution in [2.24, 2.45) is 11.7 Å². The van der Waals surface area contributed by atoms with Crippen LogP contribution in [0.15, 0.2) is 0 Å². The average Bonchev–Trinajstić information content (AvgIpc) is 2.33. The van der Waals surface area contributed by atoms with E-state index in [-0.39, 0.29) is 5.54 Å². The minimum Gasteiger partial charge on any atom is -0.380 e. The van der Waals surface area contributed by atoms with Gasteiger partial charge in [-0.25, -0.2) is 0 Å². The first-order valence-electron chi connectivity index (χ1n) is 6.61. The zero-order valence-electron chi connectivity index (χ0n) is 11.3. The summed E-state index contributed by atoms with van der Waals surface area (Å²) in [6.07, 6.45) is 3.85. The van der Waals surface area contributed by atoms with Gasteiger partial charge < -0.3 is 10.5 Å². The molecule has 0 radical (unpaired) electrons. The fourth-order valence-electron chi connectivity index (χ4n) is 2.89. The van der Waals surface area contributed by atoms with Crippen molar-refractivity contribution in [2.45, 2.75) is 51.7 Å². The SMILES string of the molecule is CCC(CC)(CN)N1CCC(C)C(OC)C1. The maximum Gasteiger partial charge on any atom is 0.0724 e. The summed E-state index contributed by atoms with van der Waals surface area (Å²) in [6.45, 7) is 9.74. The Bertz CT molecular complexity index is 196. The van der Waals surface area contributed by atoms with Crippen LogP contribution >= 0.6 is 0 Å². The Hall–Kier alpha value is -0.120. The highest BCUT2D eigenvalue weighted by Crippen LogP contribution is 2.29. The third kappa shape index (κ3) is 2.58. The molecule has 1 aliphatic heterocycles. The Labute approximate surface area is 100 Å². The Morgan fingerprint density at radius 3 is 2.44 bits per heavy atom. The van der Waals surface area contributed by atoms with E-state index >= 15 is 0 Å². The molecule has 2 unspecified atom stereocenters. The molecule has 3 nitrogen and oxygen atoms in total. The molecular weight excluding hydrogens is 200 g/mol. The van der Waals surface area contributed by atoms with Crippen molar-refractivity contribution in [2.75, 3.05) is 26.7 Å². The van der Waals surface area contributed by atoms with E-state index in [4.69, 9.17) is 10.5 Å². The van der Waals surface area contributed by atoms with Crippen molar-refractivity contribution < 1.29 is 4.74 Å². The molecule has 1 rings (SSSR count). The van der Waals surface area contributed by atoms with E-state index in [9.17, 15) is 0 Å². The number of hydrogen-bond acceptors (Lipinski definition) is 3. The number of rotatable bonds is 5. The molecule has 2 atom stereocenters. The van der Waals surface area contributed by atoms with E-state index in [1.165, 1.54) is 13.0 Å². The zero-order chi connectivity index (χ0) is 12.2. The van der Waals surface area contributed by atoms with Crippen LogP contribution in [0.4, 0.5) is 0 Å². The van der Waals surface area contributed by atoms with Gasteiger partial charge >= 0.3 is 0 Å². The number of piperidine rings is 1. The first kappa shape index (κ1) is 13.9. The first-order valence-corrected chi connectivity index (χ1v) is 6.61. The van der Waals surface area contributed by atoms with Crippen molar-refractivity contribution >= 4 is 0 Å². The van der Waals surface area contributed by atoms with E-state index in [2.05, 4.69) is 25.7 Å². The molecular formula is C13H28N2O. The number of likely N-dealkylation sites (tertiary alicyclic amines) is 1. The molecule has 0 bridgehead atoms. The molecule has 3 heteroatoms. The number of nitrogens with two attached hydrogens (primary N) is 1. The maximum atomic E-state index is 6.00. The van der Waals surface area contributed by atoms with Gasteiger partial charge in [-0.3, -0.25) is 4.90 Å².